The normalized spacial score (nSPS) is 23.8. The van der Waals surface area contributed by atoms with Crippen molar-refractivity contribution >= 4 is 33.9 Å². The number of carbonyl (C=O) groups excluding carboxylic acids is 1. The first-order valence-electron chi connectivity index (χ1n) is 17.7. The number of rotatable bonds is 13. The van der Waals surface area contributed by atoms with Crippen LogP contribution in [0.15, 0.2) is 46.4 Å². The number of aryl methyl sites for hydroxylation is 2. The summed E-state index contributed by atoms with van der Waals surface area (Å²) in [6.07, 6.45) is 1.72. The first-order valence-corrected chi connectivity index (χ1v) is 21.7. The summed E-state index contributed by atoms with van der Waals surface area (Å²) in [5.74, 6) is 0.0801. The summed E-state index contributed by atoms with van der Waals surface area (Å²) in [7, 11) is -5.87. The second-order valence-corrected chi connectivity index (χ2v) is 23.6. The highest BCUT2D eigenvalue weighted by atomic mass is 28.5. The van der Waals surface area contributed by atoms with Crippen LogP contribution in [-0.2, 0) is 33.8 Å². The van der Waals surface area contributed by atoms with Gasteiger partial charge in [-0.1, -0.05) is 67.5 Å². The summed E-state index contributed by atoms with van der Waals surface area (Å²) < 4.78 is 38.1. The van der Waals surface area contributed by atoms with Gasteiger partial charge < -0.3 is 27.0 Å². The first kappa shape index (κ1) is 37.5. The standard InChI is InChI=1S/C35H54N4O8Si2/c1-22(2)48(23(3)4)44-20-30-31(46-49(47-48,24(5)6)25(7)8)32(34(45-30)39-19-26(9)33(41)37-35(39)42)43-18-16-27(40)13-12-17-38-21-36-28-14-10-11-15-29(28)38/h10-11,14-15,19,21-25,30-32,34H,12-13,16-18,20H2,1-9H3,(H,37,41,42)/t30-,31?,32+,34-/m1/s1. The minimum Gasteiger partial charge on any atom is -0.414 e. The van der Waals surface area contributed by atoms with Crippen molar-refractivity contribution in [3.05, 3.63) is 63.2 Å². The van der Waals surface area contributed by atoms with Crippen molar-refractivity contribution in [3.63, 3.8) is 0 Å². The maximum Gasteiger partial charge on any atom is 0.335 e. The maximum absolute atomic E-state index is 13.2. The number of fused-ring (bicyclic) bond motifs is 2. The third kappa shape index (κ3) is 7.51. The lowest BCUT2D eigenvalue weighted by molar-refractivity contribution is -0.122. The number of H-pyrrole nitrogens is 1. The van der Waals surface area contributed by atoms with E-state index in [0.29, 0.717) is 24.9 Å². The molecule has 4 atom stereocenters. The molecule has 2 fully saturated rings. The fourth-order valence-electron chi connectivity index (χ4n) is 7.37. The van der Waals surface area contributed by atoms with Gasteiger partial charge in [0, 0.05) is 31.1 Å². The third-order valence-electron chi connectivity index (χ3n) is 10.1. The van der Waals surface area contributed by atoms with Crippen molar-refractivity contribution in [1.82, 2.24) is 19.1 Å². The van der Waals surface area contributed by atoms with Crippen molar-refractivity contribution in [1.29, 1.82) is 0 Å². The molecule has 1 aromatic carbocycles. The Balaban J connectivity index is 1.39. The molecule has 14 heteroatoms. The van der Waals surface area contributed by atoms with Gasteiger partial charge in [-0.25, -0.2) is 9.78 Å². The van der Waals surface area contributed by atoms with Gasteiger partial charge >= 0.3 is 22.8 Å². The first-order chi connectivity index (χ1) is 23.2. The molecule has 4 heterocycles. The van der Waals surface area contributed by atoms with Crippen LogP contribution in [0.1, 0.15) is 86.4 Å². The molecule has 2 aromatic heterocycles. The van der Waals surface area contributed by atoms with Gasteiger partial charge in [-0.2, -0.15) is 0 Å². The predicted octanol–water partition coefficient (Wildman–Crippen LogP) is 5.87. The van der Waals surface area contributed by atoms with E-state index >= 15 is 0 Å². The predicted molar refractivity (Wildman–Crippen MR) is 192 cm³/mol. The van der Waals surface area contributed by atoms with E-state index in [1.54, 1.807) is 6.92 Å². The Kier molecular flexibility index (Phi) is 11.7. The monoisotopic (exact) mass is 714 g/mol. The average molecular weight is 715 g/mol. The number of hydrogen-bond acceptors (Lipinski definition) is 9. The van der Waals surface area contributed by atoms with Crippen molar-refractivity contribution < 1.29 is 27.2 Å². The zero-order chi connectivity index (χ0) is 35.7. The van der Waals surface area contributed by atoms with Crippen molar-refractivity contribution in [3.8, 4) is 0 Å². The molecule has 0 aliphatic carbocycles. The lowest BCUT2D eigenvalue weighted by Crippen LogP contribution is -2.66. The fraction of sp³-hybridized carbons (Fsp3) is 0.657. The Morgan fingerprint density at radius 3 is 2.35 bits per heavy atom. The number of aromatic amines is 1. The molecule has 2 saturated heterocycles. The third-order valence-corrected chi connectivity index (χ3v) is 20.4. The molecule has 12 nitrogen and oxygen atoms in total. The second-order valence-electron chi connectivity index (χ2n) is 14.8. The summed E-state index contributed by atoms with van der Waals surface area (Å²) in [4.78, 5) is 45.4. The molecule has 3 aromatic rings. The van der Waals surface area contributed by atoms with Crippen LogP contribution < -0.4 is 11.2 Å². The molecule has 0 spiro atoms. The molecule has 1 N–H and O–H groups in total. The van der Waals surface area contributed by atoms with E-state index < -0.39 is 52.9 Å². The van der Waals surface area contributed by atoms with Gasteiger partial charge in [0.05, 0.1) is 30.6 Å². The summed E-state index contributed by atoms with van der Waals surface area (Å²) in [5.41, 5.74) is 1.75. The summed E-state index contributed by atoms with van der Waals surface area (Å²) in [5, 5.41) is 0. The van der Waals surface area contributed by atoms with E-state index in [9.17, 15) is 14.4 Å². The van der Waals surface area contributed by atoms with Gasteiger partial charge in [-0.3, -0.25) is 19.1 Å². The molecule has 0 bridgehead atoms. The van der Waals surface area contributed by atoms with Crippen LogP contribution >= 0.6 is 0 Å². The minimum absolute atomic E-state index is 0.0752. The van der Waals surface area contributed by atoms with Crippen LogP contribution in [0.5, 0.6) is 0 Å². The molecule has 270 valence electrons. The Morgan fingerprint density at radius 1 is 1.00 bits per heavy atom. The molecular formula is C35H54N4O8Si2. The smallest absolute Gasteiger partial charge is 0.335 e. The zero-order valence-electron chi connectivity index (χ0n) is 30.4. The van der Waals surface area contributed by atoms with E-state index in [2.05, 4.69) is 69.9 Å². The molecule has 0 amide bonds. The highest BCUT2D eigenvalue weighted by molar-refractivity contribution is 6.84. The average Bonchev–Trinajstić information content (AvgIpc) is 3.59. The molecule has 0 saturated carbocycles. The fourth-order valence-corrected chi connectivity index (χ4v) is 18.6. The topological polar surface area (TPSA) is 136 Å². The quantitative estimate of drug-likeness (QED) is 0.216. The number of imidazole rings is 1. The Morgan fingerprint density at radius 2 is 1.67 bits per heavy atom. The second kappa shape index (κ2) is 15.3. The van der Waals surface area contributed by atoms with Crippen molar-refractivity contribution in [2.45, 2.75) is 135 Å². The number of aromatic nitrogens is 4. The number of nitrogens with one attached hydrogen (secondary N) is 1. The highest BCUT2D eigenvalue weighted by Crippen LogP contribution is 2.48. The van der Waals surface area contributed by atoms with Gasteiger partial charge in [0.15, 0.2) is 6.23 Å². The van der Waals surface area contributed by atoms with Crippen LogP contribution in [0.2, 0.25) is 22.2 Å². The Hall–Kier alpha value is -2.73. The number of ketones is 1. The lowest BCUT2D eigenvalue weighted by atomic mass is 10.1. The molecule has 2 aliphatic rings. The molecular weight excluding hydrogens is 661 g/mol. The van der Waals surface area contributed by atoms with E-state index in [-0.39, 0.29) is 47.6 Å². The van der Waals surface area contributed by atoms with Crippen LogP contribution in [-0.4, -0.2) is 73.5 Å². The molecule has 49 heavy (non-hydrogen) atoms. The molecule has 2 aliphatic heterocycles. The van der Waals surface area contributed by atoms with Gasteiger partial charge in [-0.05, 0) is 47.6 Å². The van der Waals surface area contributed by atoms with Crippen LogP contribution in [0.4, 0.5) is 0 Å². The van der Waals surface area contributed by atoms with E-state index in [1.807, 2.05) is 30.6 Å². The summed E-state index contributed by atoms with van der Waals surface area (Å²) in [6, 6.07) is 7.94. The van der Waals surface area contributed by atoms with E-state index in [1.165, 1.54) is 10.8 Å². The molecule has 0 radical (unpaired) electrons. The van der Waals surface area contributed by atoms with Gasteiger partial charge in [0.25, 0.3) is 5.56 Å². The molecule has 1 unspecified atom stereocenters. The van der Waals surface area contributed by atoms with Gasteiger partial charge in [0.1, 0.15) is 24.1 Å². The van der Waals surface area contributed by atoms with Gasteiger partial charge in [-0.15, -0.1) is 0 Å². The number of carbonyl (C=O) groups is 1. The Bertz CT molecular complexity index is 1700. The lowest BCUT2D eigenvalue weighted by Gasteiger charge is -2.51. The highest BCUT2D eigenvalue weighted by Gasteiger charge is 2.62. The van der Waals surface area contributed by atoms with Gasteiger partial charge in [0.2, 0.25) is 0 Å². The van der Waals surface area contributed by atoms with Crippen LogP contribution in [0.25, 0.3) is 11.0 Å². The Labute approximate surface area is 291 Å². The summed E-state index contributed by atoms with van der Waals surface area (Å²) in [6.45, 7) is 19.9. The largest absolute Gasteiger partial charge is 0.414 e. The SMILES string of the molecule is Cc1cn([C@@H]2O[C@@H]3CO[Si](C(C)C)(C(C)C)O[Si](C(C)C)(C(C)C)OC3[C@@H]2OCCC(=O)CCCn2cnc3ccccc32)c(=O)[nH]c1=O. The van der Waals surface area contributed by atoms with Crippen LogP contribution in [0.3, 0.4) is 0 Å². The number of nitrogens with zero attached hydrogens (tertiary/aromatic N) is 3. The van der Waals surface area contributed by atoms with Crippen LogP contribution in [0, 0.1) is 6.92 Å². The van der Waals surface area contributed by atoms with E-state index in [0.717, 1.165) is 11.0 Å². The summed E-state index contributed by atoms with van der Waals surface area (Å²) >= 11 is 0. The number of hydrogen-bond donors (Lipinski definition) is 1. The zero-order valence-corrected chi connectivity index (χ0v) is 32.4. The number of ether oxygens (including phenoxy) is 2. The number of Topliss-reactive ketones (excluding diaryl/α,β-unsaturated/α-hetero) is 1. The van der Waals surface area contributed by atoms with E-state index in [4.69, 9.17) is 22.4 Å². The number of para-hydroxylation sites is 2. The molecule has 5 rings (SSSR count). The maximum atomic E-state index is 13.2. The number of benzene rings is 1. The van der Waals surface area contributed by atoms with Crippen molar-refractivity contribution in [2.24, 2.45) is 0 Å². The van der Waals surface area contributed by atoms with Crippen molar-refractivity contribution in [2.75, 3.05) is 13.2 Å². The minimum atomic E-state index is -3.04.